The fourth-order valence-electron chi connectivity index (χ4n) is 1.52. The molecule has 0 saturated heterocycles. The zero-order chi connectivity index (χ0) is 14.5. The van der Waals surface area contributed by atoms with Gasteiger partial charge in [0.15, 0.2) is 5.16 Å². The largest absolute Gasteiger partial charge is 0.329 e. The number of aryl methyl sites for hydroxylation is 1. The molecule has 2 aromatic rings. The standard InChI is InChI=1S/C13H13ClFN3OS/c1-18-6-5-16-13(18)20-7-4-12(19)17-9-2-3-11(15)10(14)8-9/h2-3,5-6,8H,4,7H2,1H3,(H,17,19). The van der Waals surface area contributed by atoms with Gasteiger partial charge in [0.1, 0.15) is 5.82 Å². The Balaban J connectivity index is 1.80. The zero-order valence-electron chi connectivity index (χ0n) is 10.8. The lowest BCUT2D eigenvalue weighted by atomic mass is 10.3. The molecule has 0 fully saturated rings. The maximum atomic E-state index is 13.0. The van der Waals surface area contributed by atoms with Gasteiger partial charge in [-0.1, -0.05) is 23.4 Å². The third kappa shape index (κ3) is 3.98. The van der Waals surface area contributed by atoms with Crippen LogP contribution in [0, 0.1) is 5.82 Å². The number of benzene rings is 1. The first-order chi connectivity index (χ1) is 9.56. The van der Waals surface area contributed by atoms with E-state index in [0.29, 0.717) is 17.9 Å². The van der Waals surface area contributed by atoms with Crippen molar-refractivity contribution in [2.24, 2.45) is 7.05 Å². The molecule has 0 radical (unpaired) electrons. The molecule has 0 aliphatic carbocycles. The summed E-state index contributed by atoms with van der Waals surface area (Å²) in [7, 11) is 1.90. The Labute approximate surface area is 125 Å². The van der Waals surface area contributed by atoms with Crippen LogP contribution in [0.5, 0.6) is 0 Å². The first kappa shape index (κ1) is 14.9. The number of imidazole rings is 1. The van der Waals surface area contributed by atoms with Crippen molar-refractivity contribution in [3.63, 3.8) is 0 Å². The van der Waals surface area contributed by atoms with E-state index in [1.165, 1.54) is 30.0 Å². The molecule has 4 nitrogen and oxygen atoms in total. The molecule has 1 amide bonds. The van der Waals surface area contributed by atoms with Crippen molar-refractivity contribution in [1.82, 2.24) is 9.55 Å². The van der Waals surface area contributed by atoms with Crippen LogP contribution < -0.4 is 5.32 Å². The van der Waals surface area contributed by atoms with Gasteiger partial charge in [-0.2, -0.15) is 0 Å². The third-order valence-corrected chi connectivity index (χ3v) is 3.89. The molecule has 0 bridgehead atoms. The quantitative estimate of drug-likeness (QED) is 0.861. The van der Waals surface area contributed by atoms with Crippen molar-refractivity contribution in [3.8, 4) is 0 Å². The Kier molecular flexibility index (Phi) is 5.03. The number of hydrogen-bond acceptors (Lipinski definition) is 3. The molecular formula is C13H13ClFN3OS. The summed E-state index contributed by atoms with van der Waals surface area (Å²) in [5, 5.41) is 3.53. The Hall–Kier alpha value is -1.53. The highest BCUT2D eigenvalue weighted by molar-refractivity contribution is 7.99. The lowest BCUT2D eigenvalue weighted by Gasteiger charge is -2.06. The van der Waals surface area contributed by atoms with Crippen LogP contribution in [0.2, 0.25) is 5.02 Å². The van der Waals surface area contributed by atoms with Crippen LogP contribution in [0.1, 0.15) is 6.42 Å². The Bertz CT molecular complexity index is 617. The summed E-state index contributed by atoms with van der Waals surface area (Å²) in [5.74, 6) is -0.0320. The lowest BCUT2D eigenvalue weighted by molar-refractivity contribution is -0.115. The lowest BCUT2D eigenvalue weighted by Crippen LogP contribution is -2.12. The van der Waals surface area contributed by atoms with Gasteiger partial charge < -0.3 is 9.88 Å². The van der Waals surface area contributed by atoms with E-state index in [9.17, 15) is 9.18 Å². The highest BCUT2D eigenvalue weighted by atomic mass is 35.5. The molecule has 1 aromatic carbocycles. The molecule has 1 N–H and O–H groups in total. The highest BCUT2D eigenvalue weighted by Gasteiger charge is 2.07. The molecule has 1 aromatic heterocycles. The summed E-state index contributed by atoms with van der Waals surface area (Å²) in [6.45, 7) is 0. The Morgan fingerprint density at radius 3 is 3.00 bits per heavy atom. The number of halogens is 2. The molecule has 1 heterocycles. The second kappa shape index (κ2) is 6.76. The van der Waals surface area contributed by atoms with Gasteiger partial charge in [0, 0.05) is 37.3 Å². The van der Waals surface area contributed by atoms with Crippen LogP contribution in [0.25, 0.3) is 0 Å². The molecule has 0 spiro atoms. The summed E-state index contributed by atoms with van der Waals surface area (Å²) in [6, 6.07) is 4.09. The van der Waals surface area contributed by atoms with Crippen molar-refractivity contribution in [2.45, 2.75) is 11.6 Å². The average Bonchev–Trinajstić information content (AvgIpc) is 2.80. The number of aromatic nitrogens is 2. The summed E-state index contributed by atoms with van der Waals surface area (Å²) < 4.78 is 14.9. The van der Waals surface area contributed by atoms with Gasteiger partial charge in [0.05, 0.1) is 5.02 Å². The summed E-state index contributed by atoms with van der Waals surface area (Å²) >= 11 is 7.15. The van der Waals surface area contributed by atoms with Gasteiger partial charge >= 0.3 is 0 Å². The minimum atomic E-state index is -0.505. The second-order valence-corrected chi connectivity index (χ2v) is 5.57. The number of thioether (sulfide) groups is 1. The summed E-state index contributed by atoms with van der Waals surface area (Å²) in [4.78, 5) is 15.9. The molecule has 0 atom stereocenters. The molecule has 0 aliphatic heterocycles. The molecule has 7 heteroatoms. The van der Waals surface area contributed by atoms with E-state index in [1.807, 2.05) is 17.8 Å². The Morgan fingerprint density at radius 2 is 2.35 bits per heavy atom. The highest BCUT2D eigenvalue weighted by Crippen LogP contribution is 2.20. The van der Waals surface area contributed by atoms with E-state index in [0.717, 1.165) is 5.16 Å². The summed E-state index contributed by atoms with van der Waals surface area (Å²) in [6.07, 6.45) is 3.90. The zero-order valence-corrected chi connectivity index (χ0v) is 12.3. The van der Waals surface area contributed by atoms with Crippen LogP contribution in [-0.4, -0.2) is 21.2 Å². The van der Waals surface area contributed by atoms with Crippen LogP contribution in [0.4, 0.5) is 10.1 Å². The second-order valence-electron chi connectivity index (χ2n) is 4.10. The van der Waals surface area contributed by atoms with E-state index in [1.54, 1.807) is 6.20 Å². The number of amides is 1. The predicted molar refractivity (Wildman–Crippen MR) is 78.6 cm³/mol. The van der Waals surface area contributed by atoms with Gasteiger partial charge in [-0.25, -0.2) is 9.37 Å². The van der Waals surface area contributed by atoms with E-state index in [2.05, 4.69) is 10.3 Å². The van der Waals surface area contributed by atoms with Gasteiger partial charge in [0.25, 0.3) is 0 Å². The van der Waals surface area contributed by atoms with Crippen molar-refractivity contribution < 1.29 is 9.18 Å². The van der Waals surface area contributed by atoms with Crippen LogP contribution in [0.15, 0.2) is 35.7 Å². The Morgan fingerprint density at radius 1 is 1.55 bits per heavy atom. The maximum absolute atomic E-state index is 13.0. The predicted octanol–water partition coefficient (Wildman–Crippen LogP) is 3.33. The fourth-order valence-corrected chi connectivity index (χ4v) is 2.57. The number of nitrogens with zero attached hydrogens (tertiary/aromatic N) is 2. The molecule has 106 valence electrons. The number of hydrogen-bond donors (Lipinski definition) is 1. The molecule has 20 heavy (non-hydrogen) atoms. The van der Waals surface area contributed by atoms with E-state index < -0.39 is 5.82 Å². The fraction of sp³-hybridized carbons (Fsp3) is 0.231. The monoisotopic (exact) mass is 313 g/mol. The maximum Gasteiger partial charge on any atom is 0.225 e. The smallest absolute Gasteiger partial charge is 0.225 e. The molecule has 0 saturated carbocycles. The van der Waals surface area contributed by atoms with E-state index >= 15 is 0 Å². The van der Waals surface area contributed by atoms with Gasteiger partial charge in [-0.3, -0.25) is 4.79 Å². The van der Waals surface area contributed by atoms with Crippen molar-refractivity contribution in [2.75, 3.05) is 11.1 Å². The number of carbonyl (C=O) groups is 1. The molecule has 0 unspecified atom stereocenters. The van der Waals surface area contributed by atoms with Gasteiger partial charge in [-0.05, 0) is 18.2 Å². The number of anilines is 1. The van der Waals surface area contributed by atoms with Crippen molar-refractivity contribution in [1.29, 1.82) is 0 Å². The number of nitrogens with one attached hydrogen (secondary N) is 1. The number of carbonyl (C=O) groups excluding carboxylic acids is 1. The van der Waals surface area contributed by atoms with Crippen LogP contribution in [-0.2, 0) is 11.8 Å². The topological polar surface area (TPSA) is 46.9 Å². The third-order valence-electron chi connectivity index (χ3n) is 2.54. The normalized spacial score (nSPS) is 10.6. The average molecular weight is 314 g/mol. The SMILES string of the molecule is Cn1ccnc1SCCC(=O)Nc1ccc(F)c(Cl)c1. The first-order valence-electron chi connectivity index (χ1n) is 5.91. The number of rotatable bonds is 5. The van der Waals surface area contributed by atoms with Crippen LogP contribution in [0.3, 0.4) is 0 Å². The summed E-state index contributed by atoms with van der Waals surface area (Å²) in [5.41, 5.74) is 0.489. The minimum Gasteiger partial charge on any atom is -0.329 e. The van der Waals surface area contributed by atoms with E-state index in [-0.39, 0.29) is 10.9 Å². The first-order valence-corrected chi connectivity index (χ1v) is 7.27. The molecule has 2 rings (SSSR count). The molecule has 0 aliphatic rings. The van der Waals surface area contributed by atoms with Gasteiger partial charge in [-0.15, -0.1) is 0 Å². The van der Waals surface area contributed by atoms with Gasteiger partial charge in [0.2, 0.25) is 5.91 Å². The van der Waals surface area contributed by atoms with E-state index in [4.69, 9.17) is 11.6 Å². The molecular weight excluding hydrogens is 301 g/mol. The van der Waals surface area contributed by atoms with Crippen molar-refractivity contribution in [3.05, 3.63) is 41.4 Å². The minimum absolute atomic E-state index is 0.00909. The van der Waals surface area contributed by atoms with Crippen molar-refractivity contribution >= 4 is 35.0 Å². The van der Waals surface area contributed by atoms with Crippen LogP contribution >= 0.6 is 23.4 Å².